The molecule has 2 fully saturated rings. The number of rotatable bonds is 7. The van der Waals surface area contributed by atoms with E-state index in [1.54, 1.807) is 12.3 Å². The van der Waals surface area contributed by atoms with Gasteiger partial charge in [0.1, 0.15) is 0 Å². The topological polar surface area (TPSA) is 105 Å². The number of aromatic nitrogens is 3. The van der Waals surface area contributed by atoms with Crippen LogP contribution in [0.5, 0.6) is 0 Å². The first-order valence-electron chi connectivity index (χ1n) is 13.0. The minimum Gasteiger partial charge on any atom is -0.379 e. The lowest BCUT2D eigenvalue weighted by Gasteiger charge is -2.28. The van der Waals surface area contributed by atoms with Crippen LogP contribution in [0, 0.1) is 27.7 Å². The quantitative estimate of drug-likeness (QED) is 0.363. The molecule has 0 radical (unpaired) electrons. The fourth-order valence-electron chi connectivity index (χ4n) is 5.23. The van der Waals surface area contributed by atoms with Gasteiger partial charge in [-0.05, 0) is 70.9 Å². The molecule has 11 heteroatoms. The van der Waals surface area contributed by atoms with Gasteiger partial charge in [-0.1, -0.05) is 0 Å². The van der Waals surface area contributed by atoms with Crippen LogP contribution < -0.4 is 10.3 Å². The van der Waals surface area contributed by atoms with Crippen molar-refractivity contribution in [1.82, 2.24) is 18.8 Å². The van der Waals surface area contributed by atoms with E-state index in [4.69, 9.17) is 4.74 Å². The van der Waals surface area contributed by atoms with Crippen LogP contribution in [-0.2, 0) is 14.8 Å². The Bertz CT molecular complexity index is 1430. The molecule has 1 N–H and O–H groups in total. The van der Waals surface area contributed by atoms with Gasteiger partial charge in [0.15, 0.2) is 0 Å². The van der Waals surface area contributed by atoms with Gasteiger partial charge in [-0.2, -0.15) is 9.41 Å². The number of sulfonamides is 1. The molecule has 0 bridgehead atoms. The first-order chi connectivity index (χ1) is 18.2. The second kappa shape index (κ2) is 10.8. The highest BCUT2D eigenvalue weighted by atomic mass is 32.2. The highest BCUT2D eigenvalue weighted by Gasteiger charge is 2.28. The average molecular weight is 538 g/mol. The number of nitrogens with one attached hydrogen (secondary N) is 1. The normalized spacial score (nSPS) is 17.0. The molecule has 0 spiro atoms. The molecule has 2 aliphatic rings. The molecule has 0 atom stereocenters. The highest BCUT2D eigenvalue weighted by molar-refractivity contribution is 7.89. The van der Waals surface area contributed by atoms with Crippen molar-refractivity contribution in [3.05, 3.63) is 58.7 Å². The molecule has 2 aromatic heterocycles. The smallest absolute Gasteiger partial charge is 0.243 e. The van der Waals surface area contributed by atoms with Crippen LogP contribution in [0.2, 0.25) is 0 Å². The Morgan fingerprint density at radius 2 is 1.61 bits per heavy atom. The van der Waals surface area contributed by atoms with Gasteiger partial charge in [-0.3, -0.25) is 0 Å². The molecule has 10 nitrogen and oxygen atoms in total. The number of aryl methyl sites for hydroxylation is 3. The number of hydrogen-bond acceptors (Lipinski definition) is 8. The van der Waals surface area contributed by atoms with Crippen LogP contribution in [0.1, 0.15) is 41.2 Å². The summed E-state index contributed by atoms with van der Waals surface area (Å²) in [4.78, 5) is 11.4. The van der Waals surface area contributed by atoms with Crippen molar-refractivity contribution in [3.8, 4) is 5.69 Å². The second-order valence-electron chi connectivity index (χ2n) is 9.87. The monoisotopic (exact) mass is 537 g/mol. The third kappa shape index (κ3) is 5.31. The van der Waals surface area contributed by atoms with Crippen LogP contribution in [0.3, 0.4) is 0 Å². The summed E-state index contributed by atoms with van der Waals surface area (Å²) in [6.07, 6.45) is 4.01. The Morgan fingerprint density at radius 3 is 2.29 bits per heavy atom. The largest absolute Gasteiger partial charge is 0.379 e. The molecule has 3 aromatic rings. The van der Waals surface area contributed by atoms with Gasteiger partial charge in [0, 0.05) is 54.5 Å². The van der Waals surface area contributed by atoms with Gasteiger partial charge >= 0.3 is 0 Å². The summed E-state index contributed by atoms with van der Waals surface area (Å²) >= 11 is 0. The van der Waals surface area contributed by atoms with Crippen molar-refractivity contribution in [3.63, 3.8) is 0 Å². The first kappa shape index (κ1) is 26.3. The lowest BCUT2D eigenvalue weighted by molar-refractivity contribution is 0.0730. The van der Waals surface area contributed by atoms with Crippen LogP contribution in [0.25, 0.3) is 5.69 Å². The summed E-state index contributed by atoms with van der Waals surface area (Å²) in [5.41, 5.74) is 9.45. The molecular weight excluding hydrogens is 502 g/mol. The van der Waals surface area contributed by atoms with Gasteiger partial charge in [-0.15, -0.1) is 0 Å². The summed E-state index contributed by atoms with van der Waals surface area (Å²) < 4.78 is 36.0. The summed E-state index contributed by atoms with van der Waals surface area (Å²) in [6, 6.07) is 9.49. The predicted octanol–water partition coefficient (Wildman–Crippen LogP) is 3.57. The summed E-state index contributed by atoms with van der Waals surface area (Å²) in [5, 5.41) is 4.38. The Hall–Kier alpha value is -3.28. The number of hydrogen-bond donors (Lipinski definition) is 1. The highest BCUT2D eigenvalue weighted by Crippen LogP contribution is 2.34. The Balaban J connectivity index is 1.52. The number of ether oxygens (including phenoxy) is 1. The van der Waals surface area contributed by atoms with Crippen molar-refractivity contribution in [2.45, 2.75) is 45.4 Å². The Labute approximate surface area is 224 Å². The van der Waals surface area contributed by atoms with E-state index in [0.717, 1.165) is 65.6 Å². The SMILES string of the molecule is Cc1cc(C)nc(N/N=C\c2cc(C)n(-c3cc(S(=O)(=O)N4CCOCC4)ccc3N3CCCC3)c2C)n1. The third-order valence-electron chi connectivity index (χ3n) is 7.06. The first-order valence-corrected chi connectivity index (χ1v) is 14.5. The number of hydrazone groups is 1. The Kier molecular flexibility index (Phi) is 7.51. The molecule has 0 amide bonds. The van der Waals surface area contributed by atoms with E-state index in [2.05, 4.69) is 36.0 Å². The lowest BCUT2D eigenvalue weighted by Crippen LogP contribution is -2.40. The molecule has 2 aliphatic heterocycles. The molecular formula is C27H35N7O3S. The zero-order valence-electron chi connectivity index (χ0n) is 22.4. The van der Waals surface area contributed by atoms with Crippen molar-refractivity contribution < 1.29 is 13.2 Å². The number of anilines is 2. The van der Waals surface area contributed by atoms with Crippen molar-refractivity contribution in [2.75, 3.05) is 49.7 Å². The van der Waals surface area contributed by atoms with E-state index in [-0.39, 0.29) is 0 Å². The van der Waals surface area contributed by atoms with Crippen molar-refractivity contribution in [2.24, 2.45) is 5.10 Å². The molecule has 2 saturated heterocycles. The standard InChI is InChI=1S/C27H35N7O3S/c1-19-15-20(2)30-27(29-19)31-28-18-23-16-21(3)34(22(23)4)26-17-24(7-8-25(26)32-9-5-6-10-32)38(35,36)33-11-13-37-14-12-33/h7-8,15-18H,5-6,9-14H2,1-4H3,(H,29,30,31)/b28-18-. The molecule has 202 valence electrons. The fraction of sp³-hybridized carbons (Fsp3) is 0.444. The summed E-state index contributed by atoms with van der Waals surface area (Å²) in [6.45, 7) is 11.4. The Morgan fingerprint density at radius 1 is 0.921 bits per heavy atom. The van der Waals surface area contributed by atoms with Gasteiger partial charge in [-0.25, -0.2) is 23.8 Å². The molecule has 0 aliphatic carbocycles. The maximum atomic E-state index is 13.5. The fourth-order valence-corrected chi connectivity index (χ4v) is 6.66. The van der Waals surface area contributed by atoms with E-state index in [9.17, 15) is 8.42 Å². The summed E-state index contributed by atoms with van der Waals surface area (Å²) in [5.74, 6) is 0.449. The summed E-state index contributed by atoms with van der Waals surface area (Å²) in [7, 11) is -3.63. The number of morpholine rings is 1. The molecule has 1 aromatic carbocycles. The van der Waals surface area contributed by atoms with Gasteiger partial charge in [0.05, 0.1) is 35.7 Å². The zero-order chi connectivity index (χ0) is 26.9. The minimum atomic E-state index is -3.63. The van der Waals surface area contributed by atoms with Crippen molar-refractivity contribution in [1.29, 1.82) is 0 Å². The number of benzene rings is 1. The van der Waals surface area contributed by atoms with Gasteiger partial charge < -0.3 is 14.2 Å². The van der Waals surface area contributed by atoms with Crippen LogP contribution in [-0.4, -0.2) is 72.9 Å². The average Bonchev–Trinajstić information content (AvgIpc) is 3.52. The maximum Gasteiger partial charge on any atom is 0.243 e. The number of nitrogens with zero attached hydrogens (tertiary/aromatic N) is 6. The molecule has 4 heterocycles. The van der Waals surface area contributed by atoms with Crippen LogP contribution >= 0.6 is 0 Å². The lowest BCUT2D eigenvalue weighted by atomic mass is 10.2. The predicted molar refractivity (Wildman–Crippen MR) is 149 cm³/mol. The van der Waals surface area contributed by atoms with Gasteiger partial charge in [0.2, 0.25) is 16.0 Å². The zero-order valence-corrected chi connectivity index (χ0v) is 23.3. The van der Waals surface area contributed by atoms with E-state index < -0.39 is 10.0 Å². The maximum absolute atomic E-state index is 13.5. The van der Waals surface area contributed by atoms with Crippen LogP contribution in [0.4, 0.5) is 11.6 Å². The minimum absolute atomic E-state index is 0.300. The molecule has 38 heavy (non-hydrogen) atoms. The second-order valence-corrected chi connectivity index (χ2v) is 11.8. The van der Waals surface area contributed by atoms with Crippen LogP contribution in [0.15, 0.2) is 40.3 Å². The molecule has 5 rings (SSSR count). The molecule has 0 unspecified atom stereocenters. The van der Waals surface area contributed by atoms with Gasteiger partial charge in [0.25, 0.3) is 0 Å². The molecule has 0 saturated carbocycles. The van der Waals surface area contributed by atoms with E-state index in [1.165, 1.54) is 4.31 Å². The third-order valence-corrected chi connectivity index (χ3v) is 8.96. The van der Waals surface area contributed by atoms with E-state index in [0.29, 0.717) is 37.1 Å². The van der Waals surface area contributed by atoms with Crippen molar-refractivity contribution >= 4 is 27.9 Å². The van der Waals surface area contributed by atoms with E-state index in [1.807, 2.05) is 45.9 Å². The van der Waals surface area contributed by atoms with E-state index >= 15 is 0 Å².